The summed E-state index contributed by atoms with van der Waals surface area (Å²) in [5.74, 6) is 0.546. The zero-order chi connectivity index (χ0) is 28.7. The van der Waals surface area contributed by atoms with Crippen molar-refractivity contribution in [3.05, 3.63) is 64.7 Å². The number of nitrogens with one attached hydrogen (secondary N) is 1. The molecule has 3 aliphatic rings. The minimum atomic E-state index is -0.227. The van der Waals surface area contributed by atoms with E-state index in [4.69, 9.17) is 9.97 Å². The number of aliphatic hydroxyl groups excluding tert-OH is 1. The Balaban J connectivity index is 1.10. The van der Waals surface area contributed by atoms with Crippen molar-refractivity contribution in [1.82, 2.24) is 35.4 Å². The molecular weight excluding hydrogens is 546 g/mol. The van der Waals surface area contributed by atoms with E-state index in [1.807, 2.05) is 24.4 Å². The summed E-state index contributed by atoms with van der Waals surface area (Å²) in [6.07, 6.45) is 13.2. The molecule has 0 unspecified atom stereocenters. The second kappa shape index (κ2) is 11.4. The molecule has 2 aliphatic carbocycles. The lowest BCUT2D eigenvalue weighted by atomic mass is 9.77. The molecule has 9 nitrogen and oxygen atoms in total. The maximum absolute atomic E-state index is 13.6. The van der Waals surface area contributed by atoms with Gasteiger partial charge in [-0.15, -0.1) is 0 Å². The summed E-state index contributed by atoms with van der Waals surface area (Å²) < 4.78 is 0. The van der Waals surface area contributed by atoms with Gasteiger partial charge in [-0.25, -0.2) is 9.97 Å². The normalized spacial score (nSPS) is 21.1. The van der Waals surface area contributed by atoms with Crippen molar-refractivity contribution < 1.29 is 9.90 Å². The first-order chi connectivity index (χ1) is 20.4. The Bertz CT molecular complexity index is 1560. The van der Waals surface area contributed by atoms with E-state index in [1.54, 1.807) is 12.4 Å². The maximum Gasteiger partial charge on any atom is 0.280 e. The number of aryl methyl sites for hydroxylation is 1. The first kappa shape index (κ1) is 27.5. The van der Waals surface area contributed by atoms with Gasteiger partial charge in [0.25, 0.3) is 5.91 Å². The maximum atomic E-state index is 13.6. The van der Waals surface area contributed by atoms with Gasteiger partial charge in [-0.2, -0.15) is 10.2 Å². The smallest absolute Gasteiger partial charge is 0.280 e. The van der Waals surface area contributed by atoms with Gasteiger partial charge in [0.2, 0.25) is 0 Å². The van der Waals surface area contributed by atoms with E-state index in [9.17, 15) is 9.90 Å². The van der Waals surface area contributed by atoms with E-state index in [-0.39, 0.29) is 18.1 Å². The van der Waals surface area contributed by atoms with Gasteiger partial charge in [-0.05, 0) is 92.0 Å². The number of amides is 1. The van der Waals surface area contributed by atoms with Crippen LogP contribution in [0.1, 0.15) is 78.1 Å². The van der Waals surface area contributed by atoms with E-state index < -0.39 is 0 Å². The summed E-state index contributed by atoms with van der Waals surface area (Å²) in [6, 6.07) is 7.82. The lowest BCUT2D eigenvalue weighted by Gasteiger charge is -2.31. The molecule has 42 heavy (non-hydrogen) atoms. The summed E-state index contributed by atoms with van der Waals surface area (Å²) >= 11 is 1.38. The number of hydrogen-bond donors (Lipinski definition) is 2. The van der Waals surface area contributed by atoms with Gasteiger partial charge in [0.15, 0.2) is 5.01 Å². The molecule has 1 aliphatic heterocycles. The van der Waals surface area contributed by atoms with Crippen molar-refractivity contribution in [2.75, 3.05) is 19.6 Å². The molecule has 2 atom stereocenters. The van der Waals surface area contributed by atoms with Crippen LogP contribution in [0.3, 0.4) is 0 Å². The number of thiazole rings is 1. The highest BCUT2D eigenvalue weighted by Gasteiger charge is 2.45. The lowest BCUT2D eigenvalue weighted by Crippen LogP contribution is -2.38. The molecule has 5 heterocycles. The summed E-state index contributed by atoms with van der Waals surface area (Å²) in [7, 11) is 0. The van der Waals surface area contributed by atoms with Crippen LogP contribution in [0.5, 0.6) is 0 Å². The molecule has 1 amide bonds. The van der Waals surface area contributed by atoms with Crippen molar-refractivity contribution in [2.24, 2.45) is 11.3 Å². The van der Waals surface area contributed by atoms with Gasteiger partial charge in [-0.1, -0.05) is 24.3 Å². The van der Waals surface area contributed by atoms with Gasteiger partial charge >= 0.3 is 0 Å². The van der Waals surface area contributed by atoms with Crippen molar-refractivity contribution in [2.45, 2.75) is 70.4 Å². The molecule has 4 aromatic rings. The molecule has 1 saturated carbocycles. The van der Waals surface area contributed by atoms with Crippen LogP contribution >= 0.6 is 11.3 Å². The quantitative estimate of drug-likeness (QED) is 0.305. The van der Waals surface area contributed by atoms with Crippen molar-refractivity contribution in [3.63, 3.8) is 0 Å². The van der Waals surface area contributed by atoms with E-state index in [0.29, 0.717) is 10.4 Å². The minimum absolute atomic E-state index is 0.180. The average molecular weight is 584 g/mol. The van der Waals surface area contributed by atoms with Crippen molar-refractivity contribution in [1.29, 1.82) is 0 Å². The van der Waals surface area contributed by atoms with Crippen LogP contribution in [0.25, 0.3) is 21.6 Å². The van der Waals surface area contributed by atoms with Crippen LogP contribution in [-0.4, -0.2) is 66.8 Å². The van der Waals surface area contributed by atoms with Gasteiger partial charge in [0, 0.05) is 37.1 Å². The largest absolute Gasteiger partial charge is 0.393 e. The van der Waals surface area contributed by atoms with Crippen LogP contribution in [0, 0.1) is 11.3 Å². The SMILES string of the molecule is CC1([C@H]2CCc3nc4sc(C(=O)N[C@H](CCN5CCC(O)CC5)c5ccc(-c6ccnnc6)nc5)nc4cc3C2)CC1. The predicted octanol–water partition coefficient (Wildman–Crippen LogP) is 4.77. The summed E-state index contributed by atoms with van der Waals surface area (Å²) in [6.45, 7) is 4.97. The zero-order valence-corrected chi connectivity index (χ0v) is 24.8. The Labute approximate surface area is 249 Å². The molecule has 0 spiro atoms. The highest BCUT2D eigenvalue weighted by atomic mass is 32.1. The van der Waals surface area contributed by atoms with Gasteiger partial charge in [0.1, 0.15) is 10.3 Å². The molecule has 4 aromatic heterocycles. The number of pyridine rings is 2. The van der Waals surface area contributed by atoms with Gasteiger partial charge in [0.05, 0.1) is 30.2 Å². The number of aliphatic hydroxyl groups is 1. The molecule has 2 N–H and O–H groups in total. The third-order valence-electron chi connectivity index (χ3n) is 9.63. The predicted molar refractivity (Wildman–Crippen MR) is 162 cm³/mol. The molecule has 10 heteroatoms. The topological polar surface area (TPSA) is 117 Å². The number of carbonyl (C=O) groups excluding carboxylic acids is 1. The van der Waals surface area contributed by atoms with Gasteiger partial charge < -0.3 is 15.3 Å². The lowest BCUT2D eigenvalue weighted by molar-refractivity contribution is 0.0795. The average Bonchev–Trinajstić information content (AvgIpc) is 3.64. The Kier molecular flexibility index (Phi) is 7.46. The molecule has 0 aromatic carbocycles. The number of fused-ring (bicyclic) bond motifs is 2. The number of hydrogen-bond acceptors (Lipinski definition) is 9. The van der Waals surface area contributed by atoms with Crippen LogP contribution in [0.4, 0.5) is 0 Å². The number of likely N-dealkylation sites (tertiary alicyclic amines) is 1. The highest BCUT2D eigenvalue weighted by Crippen LogP contribution is 2.55. The van der Waals surface area contributed by atoms with E-state index in [0.717, 1.165) is 84.8 Å². The van der Waals surface area contributed by atoms with E-state index in [2.05, 4.69) is 38.4 Å². The number of piperidine rings is 1. The van der Waals surface area contributed by atoms with Crippen LogP contribution in [0.15, 0.2) is 42.9 Å². The number of carbonyl (C=O) groups is 1. The van der Waals surface area contributed by atoms with E-state index in [1.165, 1.54) is 41.9 Å². The fourth-order valence-electron chi connectivity index (χ4n) is 6.53. The molecule has 2 fully saturated rings. The number of nitrogens with zero attached hydrogens (tertiary/aromatic N) is 6. The monoisotopic (exact) mass is 583 g/mol. The fraction of sp³-hybridized carbons (Fsp3) is 0.500. The van der Waals surface area contributed by atoms with Crippen molar-refractivity contribution in [3.8, 4) is 11.3 Å². The Morgan fingerprint density at radius 2 is 2.00 bits per heavy atom. The standard InChI is InChI=1S/C32H37N7O2S/c1-32(10-11-32)23-3-5-26-22(16-23)17-28-30(37-26)42-31(38-28)29(41)36-27(9-15-39-13-7-24(40)8-14-39)20-2-4-25(33-18-20)21-6-12-34-35-19-21/h2,4,6,12,17-19,23-24,27,40H,3,5,7-11,13-16H2,1H3,(H,36,41)/t23-,27+/m0/s1. The van der Waals surface area contributed by atoms with Crippen LogP contribution in [0.2, 0.25) is 0 Å². The first-order valence-corrected chi connectivity index (χ1v) is 16.0. The second-order valence-electron chi connectivity index (χ2n) is 12.5. The third kappa shape index (κ3) is 5.80. The Morgan fingerprint density at radius 1 is 1.14 bits per heavy atom. The Hall–Kier alpha value is -3.34. The molecular formula is C32H37N7O2S. The first-order valence-electron chi connectivity index (χ1n) is 15.2. The molecule has 7 rings (SSSR count). The summed E-state index contributed by atoms with van der Waals surface area (Å²) in [5.41, 5.74) is 6.47. The fourth-order valence-corrected chi connectivity index (χ4v) is 7.37. The second-order valence-corrected chi connectivity index (χ2v) is 13.5. The summed E-state index contributed by atoms with van der Waals surface area (Å²) in [5, 5.41) is 21.4. The molecule has 1 saturated heterocycles. The van der Waals surface area contributed by atoms with Gasteiger partial charge in [-0.3, -0.25) is 9.78 Å². The molecule has 218 valence electrons. The molecule has 0 radical (unpaired) electrons. The van der Waals surface area contributed by atoms with Crippen LogP contribution < -0.4 is 5.32 Å². The van der Waals surface area contributed by atoms with Crippen molar-refractivity contribution >= 4 is 27.6 Å². The Morgan fingerprint density at radius 3 is 2.74 bits per heavy atom. The third-order valence-corrected chi connectivity index (χ3v) is 10.6. The van der Waals surface area contributed by atoms with Crippen LogP contribution in [-0.2, 0) is 12.8 Å². The zero-order valence-electron chi connectivity index (χ0n) is 24.0. The van der Waals surface area contributed by atoms with E-state index >= 15 is 0 Å². The summed E-state index contributed by atoms with van der Waals surface area (Å²) in [4.78, 5) is 31.2. The minimum Gasteiger partial charge on any atom is -0.393 e. The highest BCUT2D eigenvalue weighted by molar-refractivity contribution is 7.19. The number of aromatic nitrogens is 5. The molecule has 0 bridgehead atoms. The number of rotatable bonds is 8.